The molecular weight excluding hydrogens is 336 g/mol. The minimum Gasteiger partial charge on any atom is -0.346 e. The normalized spacial score (nSPS) is 19.3. The Morgan fingerprint density at radius 1 is 1.15 bits per heavy atom. The van der Waals surface area contributed by atoms with E-state index >= 15 is 0 Å². The molecule has 1 amide bonds. The largest absolute Gasteiger partial charge is 0.346 e. The van der Waals surface area contributed by atoms with Crippen LogP contribution in [0.15, 0.2) is 24.4 Å². The molecule has 0 atom stereocenters. The first-order chi connectivity index (χ1) is 13.2. The van der Waals surface area contributed by atoms with Gasteiger partial charge in [-0.05, 0) is 37.9 Å². The van der Waals surface area contributed by atoms with Gasteiger partial charge in [0, 0.05) is 44.3 Å². The minimum atomic E-state index is 0.125. The molecule has 2 fully saturated rings. The van der Waals surface area contributed by atoms with E-state index in [-0.39, 0.29) is 5.91 Å². The average molecular weight is 364 g/mol. The molecule has 0 bridgehead atoms. The molecule has 5 heteroatoms. The summed E-state index contributed by atoms with van der Waals surface area (Å²) in [7, 11) is 2.10. The second-order valence-electron chi connectivity index (χ2n) is 8.14. The van der Waals surface area contributed by atoms with E-state index in [9.17, 15) is 10.1 Å². The fourth-order valence-corrected chi connectivity index (χ4v) is 4.51. The quantitative estimate of drug-likeness (QED) is 0.838. The standard InChI is InChI=1S/C22H28N4O/c1-24-9-11-25(12-10-24)22(27)20-16-26(15-17-5-3-2-4-6-17)21-13-18(14-23)7-8-19(20)21/h7-8,13,16-17H,2-6,9-12,15H2,1H3. The average Bonchev–Trinajstić information content (AvgIpc) is 3.06. The summed E-state index contributed by atoms with van der Waals surface area (Å²) < 4.78 is 2.23. The van der Waals surface area contributed by atoms with Crippen LogP contribution in [0.3, 0.4) is 0 Å². The number of piperazine rings is 1. The molecule has 1 saturated heterocycles. The number of likely N-dealkylation sites (N-methyl/N-ethyl adjacent to an activating group) is 1. The Hall–Kier alpha value is -2.32. The van der Waals surface area contributed by atoms with Gasteiger partial charge in [0.15, 0.2) is 0 Å². The third-order valence-corrected chi connectivity index (χ3v) is 6.21. The van der Waals surface area contributed by atoms with Crippen LogP contribution >= 0.6 is 0 Å². The monoisotopic (exact) mass is 364 g/mol. The smallest absolute Gasteiger partial charge is 0.256 e. The van der Waals surface area contributed by atoms with Crippen LogP contribution in [-0.2, 0) is 6.54 Å². The number of nitrogens with zero attached hydrogens (tertiary/aromatic N) is 4. The second kappa shape index (κ2) is 7.74. The molecule has 2 aromatic rings. The van der Waals surface area contributed by atoms with Crippen molar-refractivity contribution in [3.63, 3.8) is 0 Å². The predicted molar refractivity (Wildman–Crippen MR) is 107 cm³/mol. The van der Waals surface area contributed by atoms with Gasteiger partial charge in [-0.3, -0.25) is 4.79 Å². The third-order valence-electron chi connectivity index (χ3n) is 6.21. The zero-order valence-corrected chi connectivity index (χ0v) is 16.2. The van der Waals surface area contributed by atoms with Gasteiger partial charge in [-0.15, -0.1) is 0 Å². The summed E-state index contributed by atoms with van der Waals surface area (Å²) >= 11 is 0. The highest BCUT2D eigenvalue weighted by molar-refractivity contribution is 6.07. The lowest BCUT2D eigenvalue weighted by atomic mass is 9.89. The lowest BCUT2D eigenvalue weighted by Crippen LogP contribution is -2.47. The van der Waals surface area contributed by atoms with Crippen molar-refractivity contribution in [1.29, 1.82) is 5.26 Å². The molecule has 1 aliphatic heterocycles. The van der Waals surface area contributed by atoms with Gasteiger partial charge in [-0.25, -0.2) is 0 Å². The maximum absolute atomic E-state index is 13.2. The summed E-state index contributed by atoms with van der Waals surface area (Å²) in [6.45, 7) is 4.35. The van der Waals surface area contributed by atoms with E-state index in [2.05, 4.69) is 22.6 Å². The van der Waals surface area contributed by atoms with E-state index in [1.165, 1.54) is 32.1 Å². The first kappa shape index (κ1) is 18.1. The number of benzene rings is 1. The number of nitriles is 1. The number of hydrogen-bond donors (Lipinski definition) is 0. The summed E-state index contributed by atoms with van der Waals surface area (Å²) in [4.78, 5) is 17.4. The molecule has 0 radical (unpaired) electrons. The SMILES string of the molecule is CN1CCN(C(=O)c2cn(CC3CCCCC3)c3cc(C#N)ccc23)CC1. The molecular formula is C22H28N4O. The van der Waals surface area contributed by atoms with Gasteiger partial charge in [-0.1, -0.05) is 25.3 Å². The van der Waals surface area contributed by atoms with Crippen molar-refractivity contribution >= 4 is 16.8 Å². The summed E-state index contributed by atoms with van der Waals surface area (Å²) in [6, 6.07) is 7.97. The van der Waals surface area contributed by atoms with Crippen LogP contribution < -0.4 is 0 Å². The van der Waals surface area contributed by atoms with Crippen LogP contribution in [0.5, 0.6) is 0 Å². The number of carbonyl (C=O) groups excluding carboxylic acids is 1. The fourth-order valence-electron chi connectivity index (χ4n) is 4.51. The number of aromatic nitrogens is 1. The maximum atomic E-state index is 13.2. The van der Waals surface area contributed by atoms with Crippen molar-refractivity contribution in [2.75, 3.05) is 33.2 Å². The first-order valence-electron chi connectivity index (χ1n) is 10.2. The Kier molecular flexibility index (Phi) is 5.18. The molecule has 1 aliphatic carbocycles. The number of amides is 1. The van der Waals surface area contributed by atoms with Crippen molar-refractivity contribution in [2.24, 2.45) is 5.92 Å². The van der Waals surface area contributed by atoms with E-state index in [0.29, 0.717) is 11.5 Å². The summed E-state index contributed by atoms with van der Waals surface area (Å²) in [5.74, 6) is 0.798. The highest BCUT2D eigenvalue weighted by atomic mass is 16.2. The molecule has 142 valence electrons. The molecule has 0 spiro atoms. The Bertz CT molecular complexity index is 864. The van der Waals surface area contributed by atoms with E-state index in [1.807, 2.05) is 29.3 Å². The molecule has 0 N–H and O–H groups in total. The topological polar surface area (TPSA) is 52.3 Å². The van der Waals surface area contributed by atoms with Crippen LogP contribution in [0.25, 0.3) is 10.9 Å². The zero-order chi connectivity index (χ0) is 18.8. The molecule has 2 heterocycles. The maximum Gasteiger partial charge on any atom is 0.256 e. The molecule has 1 saturated carbocycles. The van der Waals surface area contributed by atoms with Crippen molar-refractivity contribution < 1.29 is 4.79 Å². The van der Waals surface area contributed by atoms with Gasteiger partial charge in [-0.2, -0.15) is 5.26 Å². The van der Waals surface area contributed by atoms with Crippen molar-refractivity contribution in [1.82, 2.24) is 14.4 Å². The summed E-state index contributed by atoms with van der Waals surface area (Å²) in [5.41, 5.74) is 2.47. The molecule has 5 nitrogen and oxygen atoms in total. The third kappa shape index (κ3) is 3.72. The Morgan fingerprint density at radius 2 is 1.89 bits per heavy atom. The highest BCUT2D eigenvalue weighted by Gasteiger charge is 2.25. The minimum absolute atomic E-state index is 0.125. The fraction of sp³-hybridized carbons (Fsp3) is 0.545. The zero-order valence-electron chi connectivity index (χ0n) is 16.2. The van der Waals surface area contributed by atoms with Gasteiger partial charge in [0.2, 0.25) is 0 Å². The summed E-state index contributed by atoms with van der Waals surface area (Å²) in [5, 5.41) is 10.3. The van der Waals surface area contributed by atoms with Crippen LogP contribution in [0.1, 0.15) is 48.0 Å². The number of hydrogen-bond acceptors (Lipinski definition) is 3. The van der Waals surface area contributed by atoms with Gasteiger partial charge in [0.25, 0.3) is 5.91 Å². The second-order valence-corrected chi connectivity index (χ2v) is 8.14. The Balaban J connectivity index is 1.67. The molecule has 0 unspecified atom stereocenters. The molecule has 1 aromatic heterocycles. The van der Waals surface area contributed by atoms with E-state index in [4.69, 9.17) is 0 Å². The van der Waals surface area contributed by atoms with Crippen LogP contribution in [0.4, 0.5) is 0 Å². The molecule has 4 rings (SSSR count). The molecule has 2 aliphatic rings. The van der Waals surface area contributed by atoms with E-state index in [0.717, 1.165) is 49.2 Å². The van der Waals surface area contributed by atoms with Crippen LogP contribution in [0, 0.1) is 17.2 Å². The Morgan fingerprint density at radius 3 is 2.59 bits per heavy atom. The van der Waals surface area contributed by atoms with Gasteiger partial charge < -0.3 is 14.4 Å². The van der Waals surface area contributed by atoms with Crippen molar-refractivity contribution in [3.8, 4) is 6.07 Å². The molecule has 27 heavy (non-hydrogen) atoms. The van der Waals surface area contributed by atoms with Crippen molar-refractivity contribution in [2.45, 2.75) is 38.6 Å². The van der Waals surface area contributed by atoms with Gasteiger partial charge >= 0.3 is 0 Å². The predicted octanol–water partition coefficient (Wildman–Crippen LogP) is 3.48. The Labute approximate surface area is 161 Å². The number of carbonyl (C=O) groups is 1. The summed E-state index contributed by atoms with van der Waals surface area (Å²) in [6.07, 6.45) is 8.52. The highest BCUT2D eigenvalue weighted by Crippen LogP contribution is 2.29. The van der Waals surface area contributed by atoms with Crippen LogP contribution in [0.2, 0.25) is 0 Å². The number of rotatable bonds is 3. The van der Waals surface area contributed by atoms with Crippen LogP contribution in [-0.4, -0.2) is 53.5 Å². The lowest BCUT2D eigenvalue weighted by Gasteiger charge is -2.32. The number of fused-ring (bicyclic) bond motifs is 1. The first-order valence-corrected chi connectivity index (χ1v) is 10.2. The molecule has 1 aromatic carbocycles. The van der Waals surface area contributed by atoms with Gasteiger partial charge in [0.1, 0.15) is 0 Å². The van der Waals surface area contributed by atoms with Gasteiger partial charge in [0.05, 0.1) is 22.7 Å². The van der Waals surface area contributed by atoms with E-state index in [1.54, 1.807) is 0 Å². The van der Waals surface area contributed by atoms with E-state index < -0.39 is 0 Å². The van der Waals surface area contributed by atoms with Crippen molar-refractivity contribution in [3.05, 3.63) is 35.5 Å². The lowest BCUT2D eigenvalue weighted by molar-refractivity contribution is 0.0665.